The highest BCUT2D eigenvalue weighted by molar-refractivity contribution is 5.48. The van der Waals surface area contributed by atoms with Gasteiger partial charge >= 0.3 is 5.69 Å². The first-order valence-corrected chi connectivity index (χ1v) is 5.79. The van der Waals surface area contributed by atoms with Crippen LogP contribution in [0.15, 0.2) is 30.5 Å². The summed E-state index contributed by atoms with van der Waals surface area (Å²) in [6.07, 6.45) is 1.41. The lowest BCUT2D eigenvalue weighted by Gasteiger charge is -2.07. The summed E-state index contributed by atoms with van der Waals surface area (Å²) in [7, 11) is 0. The van der Waals surface area contributed by atoms with Gasteiger partial charge < -0.3 is 10.1 Å². The maximum absolute atomic E-state index is 13.7. The van der Waals surface area contributed by atoms with E-state index in [-0.39, 0.29) is 5.88 Å². The zero-order chi connectivity index (χ0) is 14.5. The van der Waals surface area contributed by atoms with Crippen LogP contribution < -0.4 is 10.1 Å². The Morgan fingerprint density at radius 2 is 2.25 bits per heavy atom. The molecule has 0 aliphatic heterocycles. The van der Waals surface area contributed by atoms with E-state index >= 15 is 0 Å². The molecule has 1 N–H and O–H groups in total. The molecule has 0 atom stereocenters. The van der Waals surface area contributed by atoms with E-state index in [4.69, 9.17) is 4.74 Å². The number of halogens is 1. The molecule has 0 amide bonds. The molecule has 0 saturated heterocycles. The number of anilines is 1. The van der Waals surface area contributed by atoms with Crippen LogP contribution in [0.4, 0.5) is 16.0 Å². The summed E-state index contributed by atoms with van der Waals surface area (Å²) >= 11 is 0. The summed E-state index contributed by atoms with van der Waals surface area (Å²) in [6, 6.07) is 4.86. The van der Waals surface area contributed by atoms with Gasteiger partial charge in [-0.3, -0.25) is 10.1 Å². The number of hydrogen-bond donors (Lipinski definition) is 1. The minimum atomic E-state index is -0.831. The standard InChI is InChI=1S/C12H11FN4O3/c1-2-14-12-15-7-6-10(16-12)20-11-8(13)4-3-5-9(11)17(18)19/h3-7H,2H2,1H3,(H,14,15,16). The third-order valence-corrected chi connectivity index (χ3v) is 2.31. The number of aromatic nitrogens is 2. The van der Waals surface area contributed by atoms with Crippen LogP contribution in [-0.2, 0) is 0 Å². The average Bonchev–Trinajstić information content (AvgIpc) is 2.41. The Morgan fingerprint density at radius 1 is 1.45 bits per heavy atom. The van der Waals surface area contributed by atoms with Crippen molar-refractivity contribution in [2.45, 2.75) is 6.92 Å². The number of nitrogens with zero attached hydrogens (tertiary/aromatic N) is 3. The molecule has 0 radical (unpaired) electrons. The lowest BCUT2D eigenvalue weighted by Crippen LogP contribution is -2.03. The molecule has 1 heterocycles. The minimum absolute atomic E-state index is 0.0177. The number of ether oxygens (including phenoxy) is 1. The molecule has 0 fully saturated rings. The van der Waals surface area contributed by atoms with E-state index in [1.165, 1.54) is 18.3 Å². The maximum Gasteiger partial charge on any atom is 0.314 e. The third kappa shape index (κ3) is 2.97. The third-order valence-electron chi connectivity index (χ3n) is 2.31. The predicted octanol–water partition coefficient (Wildman–Crippen LogP) is 2.75. The van der Waals surface area contributed by atoms with Crippen LogP contribution in [0.25, 0.3) is 0 Å². The van der Waals surface area contributed by atoms with Gasteiger partial charge in [-0.05, 0) is 13.0 Å². The summed E-state index contributed by atoms with van der Waals surface area (Å²) in [5.41, 5.74) is -0.464. The van der Waals surface area contributed by atoms with Crippen LogP contribution in [0, 0.1) is 15.9 Å². The van der Waals surface area contributed by atoms with Crippen molar-refractivity contribution < 1.29 is 14.1 Å². The number of hydrogen-bond acceptors (Lipinski definition) is 6. The first-order chi connectivity index (χ1) is 9.61. The van der Waals surface area contributed by atoms with Crippen molar-refractivity contribution in [2.75, 3.05) is 11.9 Å². The highest BCUT2D eigenvalue weighted by atomic mass is 19.1. The fraction of sp³-hybridized carbons (Fsp3) is 0.167. The van der Waals surface area contributed by atoms with Gasteiger partial charge in [-0.1, -0.05) is 6.07 Å². The molecule has 20 heavy (non-hydrogen) atoms. The van der Waals surface area contributed by atoms with E-state index < -0.39 is 22.2 Å². The number of para-hydroxylation sites is 1. The largest absolute Gasteiger partial charge is 0.428 e. The molecule has 7 nitrogen and oxygen atoms in total. The molecule has 0 bridgehead atoms. The lowest BCUT2D eigenvalue weighted by atomic mass is 10.3. The molecule has 1 aromatic carbocycles. The highest BCUT2D eigenvalue weighted by Gasteiger charge is 2.20. The molecule has 2 aromatic rings. The molecule has 0 saturated carbocycles. The Kier molecular flexibility index (Phi) is 4.04. The van der Waals surface area contributed by atoms with Gasteiger partial charge in [0.1, 0.15) is 0 Å². The molecule has 0 aliphatic rings. The summed E-state index contributed by atoms with van der Waals surface area (Å²) in [5, 5.41) is 13.7. The first-order valence-electron chi connectivity index (χ1n) is 5.79. The summed E-state index contributed by atoms with van der Waals surface area (Å²) in [4.78, 5) is 18.0. The van der Waals surface area contributed by atoms with Crippen LogP contribution in [0.3, 0.4) is 0 Å². The van der Waals surface area contributed by atoms with Gasteiger partial charge in [-0.2, -0.15) is 4.98 Å². The molecular weight excluding hydrogens is 267 g/mol. The Morgan fingerprint density at radius 3 is 2.95 bits per heavy atom. The van der Waals surface area contributed by atoms with Gasteiger partial charge in [0.25, 0.3) is 0 Å². The fourth-order valence-electron chi connectivity index (χ4n) is 1.49. The summed E-state index contributed by atoms with van der Waals surface area (Å²) in [5.74, 6) is -0.991. The first kappa shape index (κ1) is 13.7. The molecule has 0 aliphatic carbocycles. The van der Waals surface area contributed by atoms with Crippen LogP contribution in [0.2, 0.25) is 0 Å². The van der Waals surface area contributed by atoms with Crippen LogP contribution >= 0.6 is 0 Å². The van der Waals surface area contributed by atoms with Gasteiger partial charge in [0.2, 0.25) is 17.6 Å². The Bertz CT molecular complexity index is 636. The van der Waals surface area contributed by atoms with E-state index in [2.05, 4.69) is 15.3 Å². The van der Waals surface area contributed by atoms with Crippen molar-refractivity contribution in [2.24, 2.45) is 0 Å². The van der Waals surface area contributed by atoms with E-state index in [9.17, 15) is 14.5 Å². The molecule has 104 valence electrons. The number of benzene rings is 1. The average molecular weight is 278 g/mol. The van der Waals surface area contributed by atoms with Gasteiger partial charge in [0.05, 0.1) is 4.92 Å². The van der Waals surface area contributed by atoms with Crippen molar-refractivity contribution in [3.8, 4) is 11.6 Å². The van der Waals surface area contributed by atoms with E-state index in [1.807, 2.05) is 6.92 Å². The molecule has 1 aromatic heterocycles. The number of nitrogens with one attached hydrogen (secondary N) is 1. The Balaban J connectivity index is 2.34. The second-order valence-corrected chi connectivity index (χ2v) is 3.70. The minimum Gasteiger partial charge on any atom is -0.428 e. The Labute approximate surface area is 113 Å². The lowest BCUT2D eigenvalue weighted by molar-refractivity contribution is -0.385. The van der Waals surface area contributed by atoms with Crippen molar-refractivity contribution in [3.05, 3.63) is 46.4 Å². The Hall–Kier alpha value is -2.77. The fourth-order valence-corrected chi connectivity index (χ4v) is 1.49. The zero-order valence-electron chi connectivity index (χ0n) is 10.5. The number of nitro groups is 1. The number of rotatable bonds is 5. The van der Waals surface area contributed by atoms with E-state index in [0.29, 0.717) is 12.5 Å². The normalized spacial score (nSPS) is 10.1. The van der Waals surface area contributed by atoms with Gasteiger partial charge in [-0.25, -0.2) is 9.37 Å². The molecule has 8 heteroatoms. The monoisotopic (exact) mass is 278 g/mol. The van der Waals surface area contributed by atoms with Gasteiger partial charge in [-0.15, -0.1) is 0 Å². The maximum atomic E-state index is 13.7. The molecule has 0 spiro atoms. The smallest absolute Gasteiger partial charge is 0.314 e. The van der Waals surface area contributed by atoms with Gasteiger partial charge in [0.15, 0.2) is 5.82 Å². The van der Waals surface area contributed by atoms with Crippen molar-refractivity contribution >= 4 is 11.6 Å². The van der Waals surface area contributed by atoms with Crippen molar-refractivity contribution in [3.63, 3.8) is 0 Å². The van der Waals surface area contributed by atoms with Crippen molar-refractivity contribution in [1.82, 2.24) is 9.97 Å². The number of nitro benzene ring substituents is 1. The summed E-state index contributed by atoms with van der Waals surface area (Å²) in [6.45, 7) is 2.46. The summed E-state index contributed by atoms with van der Waals surface area (Å²) < 4.78 is 18.8. The topological polar surface area (TPSA) is 90.2 Å². The zero-order valence-corrected chi connectivity index (χ0v) is 10.5. The molecule has 0 unspecified atom stereocenters. The second kappa shape index (κ2) is 5.91. The SMILES string of the molecule is CCNc1nccc(Oc2c(F)cccc2[N+](=O)[O-])n1. The van der Waals surface area contributed by atoms with Gasteiger partial charge in [0, 0.05) is 24.9 Å². The van der Waals surface area contributed by atoms with E-state index in [0.717, 1.165) is 12.1 Å². The van der Waals surface area contributed by atoms with Crippen LogP contribution in [0.1, 0.15) is 6.92 Å². The van der Waals surface area contributed by atoms with E-state index in [1.54, 1.807) is 0 Å². The van der Waals surface area contributed by atoms with Crippen LogP contribution in [-0.4, -0.2) is 21.4 Å². The quantitative estimate of drug-likeness (QED) is 0.668. The molecule has 2 rings (SSSR count). The van der Waals surface area contributed by atoms with Crippen LogP contribution in [0.5, 0.6) is 11.6 Å². The second-order valence-electron chi connectivity index (χ2n) is 3.70. The molecular formula is C12H11FN4O3. The predicted molar refractivity (Wildman–Crippen MR) is 69.3 cm³/mol. The van der Waals surface area contributed by atoms with Crippen molar-refractivity contribution in [1.29, 1.82) is 0 Å². The highest BCUT2D eigenvalue weighted by Crippen LogP contribution is 2.33.